The van der Waals surface area contributed by atoms with E-state index in [0.29, 0.717) is 12.4 Å². The standard InChI is InChI=1S/C22H24O3/c1-3-4-13-25-20-12-9-16(15-21(20)24-2)14-18-11-10-17-7-5-6-8-19(17)22(18)23/h5-9,12,14-15H,3-4,10-11,13H2,1-2H3/b18-14+. The molecule has 0 spiro atoms. The zero-order valence-corrected chi connectivity index (χ0v) is 14.9. The van der Waals surface area contributed by atoms with Gasteiger partial charge in [-0.15, -0.1) is 0 Å². The number of ether oxygens (including phenoxy) is 2. The molecular weight excluding hydrogens is 312 g/mol. The zero-order chi connectivity index (χ0) is 17.6. The molecule has 0 aliphatic heterocycles. The molecule has 2 aromatic rings. The molecule has 0 heterocycles. The quantitative estimate of drug-likeness (QED) is 0.545. The van der Waals surface area contributed by atoms with Crippen molar-refractivity contribution in [3.05, 3.63) is 64.7 Å². The molecule has 0 N–H and O–H groups in total. The summed E-state index contributed by atoms with van der Waals surface area (Å²) in [5.41, 5.74) is 3.77. The molecule has 0 atom stereocenters. The van der Waals surface area contributed by atoms with Gasteiger partial charge in [0, 0.05) is 11.1 Å². The summed E-state index contributed by atoms with van der Waals surface area (Å²) in [6.07, 6.45) is 5.76. The maximum absolute atomic E-state index is 12.7. The molecule has 0 bridgehead atoms. The molecule has 2 aromatic carbocycles. The highest BCUT2D eigenvalue weighted by atomic mass is 16.5. The van der Waals surface area contributed by atoms with Crippen LogP contribution in [0.4, 0.5) is 0 Å². The maximum Gasteiger partial charge on any atom is 0.189 e. The Morgan fingerprint density at radius 2 is 1.92 bits per heavy atom. The first-order valence-electron chi connectivity index (χ1n) is 8.87. The maximum atomic E-state index is 12.7. The van der Waals surface area contributed by atoms with Crippen LogP contribution in [0.15, 0.2) is 48.0 Å². The summed E-state index contributed by atoms with van der Waals surface area (Å²) < 4.78 is 11.2. The lowest BCUT2D eigenvalue weighted by atomic mass is 9.86. The van der Waals surface area contributed by atoms with Gasteiger partial charge in [0.1, 0.15) is 0 Å². The van der Waals surface area contributed by atoms with Gasteiger partial charge in [-0.2, -0.15) is 0 Å². The number of hydrogen-bond donors (Lipinski definition) is 0. The minimum atomic E-state index is 0.129. The van der Waals surface area contributed by atoms with E-state index in [0.717, 1.165) is 53.7 Å². The molecule has 0 amide bonds. The molecule has 130 valence electrons. The Kier molecular flexibility index (Phi) is 5.54. The van der Waals surface area contributed by atoms with Gasteiger partial charge in [0.15, 0.2) is 17.3 Å². The van der Waals surface area contributed by atoms with Crippen molar-refractivity contribution in [1.82, 2.24) is 0 Å². The van der Waals surface area contributed by atoms with Gasteiger partial charge in [-0.05, 0) is 48.6 Å². The predicted octanol–water partition coefficient (Wildman–Crippen LogP) is 5.09. The zero-order valence-electron chi connectivity index (χ0n) is 14.9. The van der Waals surface area contributed by atoms with Crippen LogP contribution in [0.2, 0.25) is 0 Å². The molecule has 0 aromatic heterocycles. The fourth-order valence-corrected chi connectivity index (χ4v) is 3.07. The van der Waals surface area contributed by atoms with Crippen LogP contribution in [-0.4, -0.2) is 19.5 Å². The third-order valence-electron chi connectivity index (χ3n) is 4.50. The molecule has 0 saturated heterocycles. The third kappa shape index (κ3) is 3.93. The predicted molar refractivity (Wildman–Crippen MR) is 100 cm³/mol. The molecule has 1 aliphatic rings. The van der Waals surface area contributed by atoms with Crippen molar-refractivity contribution in [1.29, 1.82) is 0 Å². The number of carbonyl (C=O) groups is 1. The number of hydrogen-bond acceptors (Lipinski definition) is 3. The minimum absolute atomic E-state index is 0.129. The number of rotatable bonds is 6. The van der Waals surface area contributed by atoms with E-state index in [4.69, 9.17) is 9.47 Å². The smallest absolute Gasteiger partial charge is 0.189 e. The van der Waals surface area contributed by atoms with Gasteiger partial charge >= 0.3 is 0 Å². The number of benzene rings is 2. The Morgan fingerprint density at radius 1 is 1.08 bits per heavy atom. The van der Waals surface area contributed by atoms with E-state index in [-0.39, 0.29) is 5.78 Å². The second kappa shape index (κ2) is 8.02. The fourth-order valence-electron chi connectivity index (χ4n) is 3.07. The number of allylic oxidation sites excluding steroid dienone is 1. The average molecular weight is 336 g/mol. The Hall–Kier alpha value is -2.55. The molecule has 3 heteroatoms. The second-order valence-corrected chi connectivity index (χ2v) is 6.27. The van der Waals surface area contributed by atoms with Crippen LogP contribution >= 0.6 is 0 Å². The number of carbonyl (C=O) groups excluding carboxylic acids is 1. The molecule has 0 unspecified atom stereocenters. The van der Waals surface area contributed by atoms with E-state index in [2.05, 4.69) is 6.92 Å². The van der Waals surface area contributed by atoms with Gasteiger partial charge in [-0.3, -0.25) is 4.79 Å². The first-order valence-corrected chi connectivity index (χ1v) is 8.87. The van der Waals surface area contributed by atoms with E-state index < -0.39 is 0 Å². The average Bonchev–Trinajstić information content (AvgIpc) is 2.65. The summed E-state index contributed by atoms with van der Waals surface area (Å²) in [4.78, 5) is 12.7. The van der Waals surface area contributed by atoms with E-state index in [1.807, 2.05) is 48.5 Å². The highest BCUT2D eigenvalue weighted by Gasteiger charge is 2.21. The number of fused-ring (bicyclic) bond motifs is 1. The van der Waals surface area contributed by atoms with Crippen LogP contribution in [0.25, 0.3) is 6.08 Å². The number of aryl methyl sites for hydroxylation is 1. The van der Waals surface area contributed by atoms with Crippen molar-refractivity contribution in [2.45, 2.75) is 32.6 Å². The van der Waals surface area contributed by atoms with Gasteiger partial charge < -0.3 is 9.47 Å². The normalized spacial score (nSPS) is 15.1. The number of ketones is 1. The van der Waals surface area contributed by atoms with Crippen molar-refractivity contribution in [3.63, 3.8) is 0 Å². The van der Waals surface area contributed by atoms with Gasteiger partial charge in [-0.25, -0.2) is 0 Å². The summed E-state index contributed by atoms with van der Waals surface area (Å²) in [5, 5.41) is 0. The Bertz CT molecular complexity index is 790. The summed E-state index contributed by atoms with van der Waals surface area (Å²) in [6, 6.07) is 13.7. The van der Waals surface area contributed by atoms with Crippen LogP contribution in [0.3, 0.4) is 0 Å². The largest absolute Gasteiger partial charge is 0.493 e. The first-order chi connectivity index (χ1) is 12.2. The van der Waals surface area contributed by atoms with E-state index in [1.54, 1.807) is 7.11 Å². The molecule has 25 heavy (non-hydrogen) atoms. The van der Waals surface area contributed by atoms with Crippen molar-refractivity contribution < 1.29 is 14.3 Å². The highest BCUT2D eigenvalue weighted by molar-refractivity contribution is 6.13. The lowest BCUT2D eigenvalue weighted by Gasteiger charge is -2.17. The van der Waals surface area contributed by atoms with Crippen LogP contribution in [0.5, 0.6) is 11.5 Å². The van der Waals surface area contributed by atoms with E-state index >= 15 is 0 Å². The molecule has 0 saturated carbocycles. The molecule has 0 fully saturated rings. The van der Waals surface area contributed by atoms with Crippen LogP contribution < -0.4 is 9.47 Å². The number of unbranched alkanes of at least 4 members (excludes halogenated alkanes) is 1. The molecular formula is C22H24O3. The van der Waals surface area contributed by atoms with Crippen LogP contribution in [-0.2, 0) is 6.42 Å². The lowest BCUT2D eigenvalue weighted by molar-refractivity contribution is 0.102. The van der Waals surface area contributed by atoms with Crippen molar-refractivity contribution in [2.75, 3.05) is 13.7 Å². The van der Waals surface area contributed by atoms with Crippen molar-refractivity contribution >= 4 is 11.9 Å². The van der Waals surface area contributed by atoms with Gasteiger partial charge in [0.2, 0.25) is 0 Å². The molecule has 0 radical (unpaired) electrons. The lowest BCUT2D eigenvalue weighted by Crippen LogP contribution is -2.13. The van der Waals surface area contributed by atoms with Crippen LogP contribution in [0, 0.1) is 0 Å². The Balaban J connectivity index is 1.83. The summed E-state index contributed by atoms with van der Waals surface area (Å²) in [5.74, 6) is 1.58. The van der Waals surface area contributed by atoms with Gasteiger partial charge in [0.05, 0.1) is 13.7 Å². The highest BCUT2D eigenvalue weighted by Crippen LogP contribution is 2.31. The molecule has 3 rings (SSSR count). The second-order valence-electron chi connectivity index (χ2n) is 6.27. The molecule has 1 aliphatic carbocycles. The topological polar surface area (TPSA) is 35.5 Å². The van der Waals surface area contributed by atoms with E-state index in [1.165, 1.54) is 0 Å². The summed E-state index contributed by atoms with van der Waals surface area (Å²) >= 11 is 0. The number of Topliss-reactive ketones (excluding diaryl/α,β-unsaturated/α-hetero) is 1. The Morgan fingerprint density at radius 3 is 2.72 bits per heavy atom. The van der Waals surface area contributed by atoms with Crippen molar-refractivity contribution in [3.8, 4) is 11.5 Å². The minimum Gasteiger partial charge on any atom is -0.493 e. The first kappa shape index (κ1) is 17.3. The Labute approximate surface area is 149 Å². The monoisotopic (exact) mass is 336 g/mol. The number of methoxy groups -OCH3 is 1. The van der Waals surface area contributed by atoms with Crippen molar-refractivity contribution in [2.24, 2.45) is 0 Å². The van der Waals surface area contributed by atoms with E-state index in [9.17, 15) is 4.79 Å². The molecule has 3 nitrogen and oxygen atoms in total. The van der Waals surface area contributed by atoms with Gasteiger partial charge in [-0.1, -0.05) is 43.7 Å². The SMILES string of the molecule is CCCCOc1ccc(/C=C2\CCc3ccccc3C2=O)cc1OC. The van der Waals surface area contributed by atoms with Crippen LogP contribution in [0.1, 0.15) is 47.7 Å². The third-order valence-corrected chi connectivity index (χ3v) is 4.50. The fraction of sp³-hybridized carbons (Fsp3) is 0.318. The summed E-state index contributed by atoms with van der Waals surface area (Å²) in [7, 11) is 1.64. The van der Waals surface area contributed by atoms with Gasteiger partial charge in [0.25, 0.3) is 0 Å². The summed E-state index contributed by atoms with van der Waals surface area (Å²) in [6.45, 7) is 2.82.